The minimum atomic E-state index is -3.53. The number of hydrogen-bond donors (Lipinski definition) is 2. The van der Waals surface area contributed by atoms with Gasteiger partial charge < -0.3 is 11.1 Å². The zero-order valence-corrected chi connectivity index (χ0v) is 14.3. The Kier molecular flexibility index (Phi) is 7.67. The Morgan fingerprint density at radius 1 is 1.40 bits per heavy atom. The van der Waals surface area contributed by atoms with E-state index in [4.69, 9.17) is 5.73 Å². The largest absolute Gasteiger partial charge is 0.351 e. The van der Waals surface area contributed by atoms with Crippen LogP contribution in [0.25, 0.3) is 0 Å². The van der Waals surface area contributed by atoms with Crippen molar-refractivity contribution in [3.05, 3.63) is 28.2 Å². The van der Waals surface area contributed by atoms with Gasteiger partial charge in [-0.05, 0) is 34.1 Å². The maximum Gasteiger partial charge on any atom is 0.251 e. The van der Waals surface area contributed by atoms with Crippen LogP contribution >= 0.6 is 28.3 Å². The molecule has 0 aromatic heterocycles. The summed E-state index contributed by atoms with van der Waals surface area (Å²) in [5.41, 5.74) is 5.66. The number of carbonyl (C=O) groups is 1. The molecule has 0 saturated carbocycles. The van der Waals surface area contributed by atoms with Gasteiger partial charge in [0.25, 0.3) is 5.91 Å². The highest BCUT2D eigenvalue weighted by Gasteiger charge is 2.21. The number of nitrogens with zero attached hydrogens (tertiary/aromatic N) is 1. The van der Waals surface area contributed by atoms with E-state index in [1.807, 2.05) is 0 Å². The molecule has 0 saturated heterocycles. The van der Waals surface area contributed by atoms with Gasteiger partial charge in [-0.15, -0.1) is 12.4 Å². The molecule has 0 radical (unpaired) electrons. The second-order valence-electron chi connectivity index (χ2n) is 3.98. The van der Waals surface area contributed by atoms with Gasteiger partial charge in [0, 0.05) is 37.2 Å². The average molecular weight is 387 g/mol. The van der Waals surface area contributed by atoms with Crippen molar-refractivity contribution >= 4 is 44.3 Å². The minimum Gasteiger partial charge on any atom is -0.351 e. The van der Waals surface area contributed by atoms with Gasteiger partial charge >= 0.3 is 0 Å². The first-order valence-electron chi connectivity index (χ1n) is 5.51. The van der Waals surface area contributed by atoms with Crippen molar-refractivity contribution < 1.29 is 13.2 Å². The summed E-state index contributed by atoms with van der Waals surface area (Å²) in [4.78, 5) is 11.8. The highest BCUT2D eigenvalue weighted by Crippen LogP contribution is 2.25. The summed E-state index contributed by atoms with van der Waals surface area (Å²) < 4.78 is 25.4. The van der Waals surface area contributed by atoms with Gasteiger partial charge in [0.15, 0.2) is 0 Å². The Hall–Kier alpha value is -0.670. The van der Waals surface area contributed by atoms with Crippen LogP contribution in [0, 0.1) is 0 Å². The standard InChI is InChI=1S/C11H16BrN3O3S.ClH/c1-15(2)19(17,18)10-4-3-8(7-9(10)12)11(16)14-6-5-13;/h3-4,7H,5-6,13H2,1-2H3,(H,14,16);1H. The van der Waals surface area contributed by atoms with Crippen molar-refractivity contribution in [3.8, 4) is 0 Å². The molecule has 0 spiro atoms. The lowest BCUT2D eigenvalue weighted by Gasteiger charge is -2.13. The first-order valence-corrected chi connectivity index (χ1v) is 7.74. The molecule has 0 fully saturated rings. The summed E-state index contributed by atoms with van der Waals surface area (Å²) in [7, 11) is -0.636. The Morgan fingerprint density at radius 3 is 2.45 bits per heavy atom. The molecule has 1 aromatic rings. The number of hydrogen-bond acceptors (Lipinski definition) is 4. The maximum absolute atomic E-state index is 12.0. The number of nitrogens with one attached hydrogen (secondary N) is 1. The predicted molar refractivity (Wildman–Crippen MR) is 83.7 cm³/mol. The molecule has 1 aromatic carbocycles. The van der Waals surface area contributed by atoms with Crippen LogP contribution in [0.4, 0.5) is 0 Å². The molecule has 0 aliphatic rings. The zero-order valence-electron chi connectivity index (χ0n) is 11.1. The second-order valence-corrected chi connectivity index (χ2v) is 6.95. The number of amides is 1. The molecule has 9 heteroatoms. The van der Waals surface area contributed by atoms with Crippen LogP contribution in [0.2, 0.25) is 0 Å². The summed E-state index contributed by atoms with van der Waals surface area (Å²) >= 11 is 3.18. The topological polar surface area (TPSA) is 92.5 Å². The number of sulfonamides is 1. The van der Waals surface area contributed by atoms with E-state index in [9.17, 15) is 13.2 Å². The Bertz CT molecular complexity index is 578. The molecule has 0 aliphatic carbocycles. The average Bonchev–Trinajstić information content (AvgIpc) is 2.35. The van der Waals surface area contributed by atoms with E-state index < -0.39 is 10.0 Å². The third-order valence-electron chi connectivity index (χ3n) is 2.38. The SMILES string of the molecule is CN(C)S(=O)(=O)c1ccc(C(=O)NCCN)cc1Br.Cl. The molecule has 114 valence electrons. The molecule has 0 atom stereocenters. The highest BCUT2D eigenvalue weighted by molar-refractivity contribution is 9.10. The van der Waals surface area contributed by atoms with Gasteiger partial charge in [-0.2, -0.15) is 0 Å². The number of nitrogens with two attached hydrogens (primary N) is 1. The molecule has 0 unspecified atom stereocenters. The third kappa shape index (κ3) is 4.42. The summed E-state index contributed by atoms with van der Waals surface area (Å²) in [6, 6.07) is 4.34. The van der Waals surface area contributed by atoms with Gasteiger partial charge in [0.05, 0.1) is 4.90 Å². The maximum atomic E-state index is 12.0. The smallest absolute Gasteiger partial charge is 0.251 e. The number of benzene rings is 1. The minimum absolute atomic E-state index is 0. The van der Waals surface area contributed by atoms with E-state index in [1.54, 1.807) is 0 Å². The fraction of sp³-hybridized carbons (Fsp3) is 0.364. The van der Waals surface area contributed by atoms with Crippen LogP contribution < -0.4 is 11.1 Å². The molecule has 1 amide bonds. The summed E-state index contributed by atoms with van der Waals surface area (Å²) in [5, 5.41) is 2.61. The molecule has 1 rings (SSSR count). The van der Waals surface area contributed by atoms with Gasteiger partial charge in [0.2, 0.25) is 10.0 Å². The van der Waals surface area contributed by atoms with Crippen molar-refractivity contribution in [3.63, 3.8) is 0 Å². The second kappa shape index (κ2) is 7.94. The fourth-order valence-corrected chi connectivity index (χ4v) is 3.27. The van der Waals surface area contributed by atoms with Crippen molar-refractivity contribution in [2.45, 2.75) is 4.90 Å². The molecule has 0 bridgehead atoms. The molecule has 3 N–H and O–H groups in total. The number of rotatable bonds is 5. The van der Waals surface area contributed by atoms with Crippen molar-refractivity contribution in [2.75, 3.05) is 27.2 Å². The quantitative estimate of drug-likeness (QED) is 0.783. The molecular formula is C11H17BrClN3O3S. The van der Waals surface area contributed by atoms with E-state index in [-0.39, 0.29) is 23.2 Å². The van der Waals surface area contributed by atoms with Crippen LogP contribution in [0.5, 0.6) is 0 Å². The van der Waals surface area contributed by atoms with Crippen LogP contribution in [0.3, 0.4) is 0 Å². The van der Waals surface area contributed by atoms with E-state index in [1.165, 1.54) is 32.3 Å². The Balaban J connectivity index is 0.00000361. The van der Waals surface area contributed by atoms with Crippen molar-refractivity contribution in [1.82, 2.24) is 9.62 Å². The first-order chi connectivity index (χ1) is 8.80. The van der Waals surface area contributed by atoms with E-state index in [0.717, 1.165) is 4.31 Å². The van der Waals surface area contributed by atoms with Crippen LogP contribution in [-0.4, -0.2) is 45.8 Å². The fourth-order valence-electron chi connectivity index (χ4n) is 1.34. The monoisotopic (exact) mass is 385 g/mol. The summed E-state index contributed by atoms with van der Waals surface area (Å²) in [6.45, 7) is 0.716. The van der Waals surface area contributed by atoms with E-state index in [0.29, 0.717) is 23.1 Å². The van der Waals surface area contributed by atoms with Crippen LogP contribution in [-0.2, 0) is 10.0 Å². The lowest BCUT2D eigenvalue weighted by molar-refractivity contribution is 0.0954. The predicted octanol–water partition coefficient (Wildman–Crippen LogP) is 0.810. The van der Waals surface area contributed by atoms with Gasteiger partial charge in [-0.1, -0.05) is 0 Å². The third-order valence-corrected chi connectivity index (χ3v) is 5.17. The first kappa shape index (κ1) is 19.3. The molecule has 0 aliphatic heterocycles. The molecule has 20 heavy (non-hydrogen) atoms. The lowest BCUT2D eigenvalue weighted by atomic mass is 10.2. The highest BCUT2D eigenvalue weighted by atomic mass is 79.9. The Morgan fingerprint density at radius 2 is 2.00 bits per heavy atom. The zero-order chi connectivity index (χ0) is 14.6. The van der Waals surface area contributed by atoms with Gasteiger partial charge in [0.1, 0.15) is 0 Å². The summed E-state index contributed by atoms with van der Waals surface area (Å²) in [5.74, 6) is -0.292. The Labute approximate surface area is 133 Å². The molecule has 6 nitrogen and oxygen atoms in total. The number of halogens is 2. The van der Waals surface area contributed by atoms with Crippen LogP contribution in [0.1, 0.15) is 10.4 Å². The lowest BCUT2D eigenvalue weighted by Crippen LogP contribution is -2.29. The van der Waals surface area contributed by atoms with Gasteiger partial charge in [-0.3, -0.25) is 4.79 Å². The van der Waals surface area contributed by atoms with Crippen LogP contribution in [0.15, 0.2) is 27.6 Å². The van der Waals surface area contributed by atoms with Crippen molar-refractivity contribution in [2.24, 2.45) is 5.73 Å². The molecular weight excluding hydrogens is 370 g/mol. The van der Waals surface area contributed by atoms with Gasteiger partial charge in [-0.25, -0.2) is 12.7 Å². The normalized spacial score (nSPS) is 11.1. The summed E-state index contributed by atoms with van der Waals surface area (Å²) in [6.07, 6.45) is 0. The van der Waals surface area contributed by atoms with Crippen molar-refractivity contribution in [1.29, 1.82) is 0 Å². The molecule has 0 heterocycles. The van der Waals surface area contributed by atoms with E-state index in [2.05, 4.69) is 21.2 Å². The van der Waals surface area contributed by atoms with E-state index >= 15 is 0 Å². The number of carbonyl (C=O) groups excluding carboxylic acids is 1.